The molecule has 0 amide bonds. The van der Waals surface area contributed by atoms with Gasteiger partial charge in [-0.2, -0.15) is 0 Å². The minimum absolute atomic E-state index is 0.193. The number of carboxylic acids is 2. The maximum atomic E-state index is 11.4. The van der Waals surface area contributed by atoms with Crippen LogP contribution in [0.4, 0.5) is 0 Å². The maximum Gasteiger partial charge on any atom is 0.343 e. The van der Waals surface area contributed by atoms with Crippen LogP contribution in [-0.2, 0) is 9.59 Å². The highest BCUT2D eigenvalue weighted by Gasteiger charge is 2.40. The van der Waals surface area contributed by atoms with Crippen LogP contribution in [0.1, 0.15) is 60.8 Å². The first-order chi connectivity index (χ1) is 9.13. The highest BCUT2D eigenvalue weighted by atomic mass is 16.4. The molecule has 0 rings (SSSR count). The lowest BCUT2D eigenvalue weighted by molar-refractivity contribution is -0.140. The Balaban J connectivity index is 6.27. The van der Waals surface area contributed by atoms with Crippen LogP contribution in [-0.4, -0.2) is 22.2 Å². The Morgan fingerprint density at radius 1 is 1.00 bits per heavy atom. The topological polar surface area (TPSA) is 74.6 Å². The van der Waals surface area contributed by atoms with Crippen molar-refractivity contribution in [1.29, 1.82) is 0 Å². The molecule has 0 heterocycles. The maximum absolute atomic E-state index is 11.4. The first-order valence-electron chi connectivity index (χ1n) is 7.34. The third-order valence-corrected chi connectivity index (χ3v) is 4.19. The lowest BCUT2D eigenvalue weighted by Crippen LogP contribution is -2.34. The van der Waals surface area contributed by atoms with Crippen molar-refractivity contribution in [3.05, 3.63) is 11.1 Å². The Labute approximate surface area is 121 Å². The van der Waals surface area contributed by atoms with E-state index in [-0.39, 0.29) is 11.3 Å². The van der Waals surface area contributed by atoms with Gasteiger partial charge in [0.2, 0.25) is 0 Å². The van der Waals surface area contributed by atoms with Crippen molar-refractivity contribution in [2.24, 2.45) is 17.3 Å². The Kier molecular flexibility index (Phi) is 6.97. The van der Waals surface area contributed by atoms with E-state index in [4.69, 9.17) is 0 Å². The quantitative estimate of drug-likeness (QED) is 0.402. The van der Waals surface area contributed by atoms with Crippen molar-refractivity contribution < 1.29 is 19.8 Å². The van der Waals surface area contributed by atoms with Crippen molar-refractivity contribution in [2.45, 2.75) is 60.8 Å². The zero-order valence-electron chi connectivity index (χ0n) is 13.5. The smallest absolute Gasteiger partial charge is 0.343 e. The van der Waals surface area contributed by atoms with Gasteiger partial charge in [0.25, 0.3) is 0 Å². The molecule has 0 aliphatic rings. The molecule has 4 heteroatoms. The summed E-state index contributed by atoms with van der Waals surface area (Å²) in [6.45, 7) is 12.1. The second-order valence-electron chi connectivity index (χ2n) is 6.08. The molecule has 4 nitrogen and oxygen atoms in total. The van der Waals surface area contributed by atoms with Crippen molar-refractivity contribution >= 4 is 11.9 Å². The SMILES string of the molecule is CCC(=C(C(=O)O)C(=O)O)C(CC)(CC(C)C)C(C)C. The molecule has 0 radical (unpaired) electrons. The molecular formula is C16H28O4. The van der Waals surface area contributed by atoms with Gasteiger partial charge in [-0.15, -0.1) is 0 Å². The summed E-state index contributed by atoms with van der Waals surface area (Å²) in [5.41, 5.74) is -0.234. The van der Waals surface area contributed by atoms with Gasteiger partial charge in [0.1, 0.15) is 5.57 Å². The molecule has 20 heavy (non-hydrogen) atoms. The van der Waals surface area contributed by atoms with E-state index < -0.39 is 17.5 Å². The number of carboxylic acid groups (broad SMARTS) is 2. The largest absolute Gasteiger partial charge is 0.477 e. The molecule has 1 unspecified atom stereocenters. The molecule has 0 fully saturated rings. The van der Waals surface area contributed by atoms with Crippen molar-refractivity contribution in [3.8, 4) is 0 Å². The van der Waals surface area contributed by atoms with Crippen LogP contribution in [0.5, 0.6) is 0 Å². The Morgan fingerprint density at radius 2 is 1.45 bits per heavy atom. The molecular weight excluding hydrogens is 256 g/mol. The predicted octanol–water partition coefficient (Wildman–Crippen LogP) is 3.96. The first kappa shape index (κ1) is 18.7. The molecule has 0 aliphatic carbocycles. The molecule has 0 aromatic carbocycles. The van der Waals surface area contributed by atoms with E-state index in [9.17, 15) is 19.8 Å². The standard InChI is InChI=1S/C16H28O4/c1-7-12(13(14(17)18)15(19)20)16(8-2,11(5)6)9-10(3)4/h10-11H,7-9H2,1-6H3,(H,17,18)(H,19,20). The third-order valence-electron chi connectivity index (χ3n) is 4.19. The molecule has 116 valence electrons. The molecule has 0 aromatic heterocycles. The van der Waals surface area contributed by atoms with E-state index in [1.165, 1.54) is 0 Å². The van der Waals surface area contributed by atoms with E-state index in [0.717, 1.165) is 12.8 Å². The monoisotopic (exact) mass is 284 g/mol. The van der Waals surface area contributed by atoms with Crippen molar-refractivity contribution in [3.63, 3.8) is 0 Å². The molecule has 0 saturated carbocycles. The van der Waals surface area contributed by atoms with Gasteiger partial charge < -0.3 is 10.2 Å². The van der Waals surface area contributed by atoms with Crippen LogP contribution in [0, 0.1) is 17.3 Å². The fourth-order valence-corrected chi connectivity index (χ4v) is 3.33. The van der Waals surface area contributed by atoms with Crippen LogP contribution in [0.2, 0.25) is 0 Å². The van der Waals surface area contributed by atoms with Gasteiger partial charge in [0, 0.05) is 0 Å². The Bertz CT molecular complexity index is 377. The summed E-state index contributed by atoms with van der Waals surface area (Å²) in [4.78, 5) is 22.7. The fraction of sp³-hybridized carbons (Fsp3) is 0.750. The van der Waals surface area contributed by atoms with E-state index in [0.29, 0.717) is 17.9 Å². The summed E-state index contributed by atoms with van der Waals surface area (Å²) < 4.78 is 0. The van der Waals surface area contributed by atoms with Crippen LogP contribution in [0.15, 0.2) is 11.1 Å². The van der Waals surface area contributed by atoms with Gasteiger partial charge in [-0.05, 0) is 42.1 Å². The minimum atomic E-state index is -1.34. The highest BCUT2D eigenvalue weighted by Crippen LogP contribution is 2.47. The van der Waals surface area contributed by atoms with E-state index in [1.54, 1.807) is 0 Å². The zero-order valence-corrected chi connectivity index (χ0v) is 13.5. The summed E-state index contributed by atoms with van der Waals surface area (Å²) in [6.07, 6.45) is 2.00. The minimum Gasteiger partial charge on any atom is -0.477 e. The van der Waals surface area contributed by atoms with Crippen molar-refractivity contribution in [1.82, 2.24) is 0 Å². The van der Waals surface area contributed by atoms with Gasteiger partial charge in [-0.3, -0.25) is 0 Å². The zero-order chi connectivity index (χ0) is 16.1. The molecule has 0 aliphatic heterocycles. The number of carbonyl (C=O) groups is 2. The Morgan fingerprint density at radius 3 is 1.65 bits per heavy atom. The van der Waals surface area contributed by atoms with Gasteiger partial charge in [-0.1, -0.05) is 41.5 Å². The summed E-state index contributed by atoms with van der Waals surface area (Å²) in [5, 5.41) is 18.6. The average molecular weight is 284 g/mol. The molecule has 0 saturated heterocycles. The summed E-state index contributed by atoms with van der Waals surface area (Å²) in [7, 11) is 0. The second-order valence-corrected chi connectivity index (χ2v) is 6.08. The van der Waals surface area contributed by atoms with Crippen LogP contribution in [0.25, 0.3) is 0 Å². The summed E-state index contributed by atoms with van der Waals surface area (Å²) in [6, 6.07) is 0. The van der Waals surface area contributed by atoms with Gasteiger partial charge in [-0.25, -0.2) is 9.59 Å². The Hall–Kier alpha value is -1.32. The van der Waals surface area contributed by atoms with Gasteiger partial charge in [0.15, 0.2) is 0 Å². The van der Waals surface area contributed by atoms with Crippen LogP contribution in [0.3, 0.4) is 0 Å². The normalized spacial score (nSPS) is 14.2. The highest BCUT2D eigenvalue weighted by molar-refractivity contribution is 6.13. The van der Waals surface area contributed by atoms with Crippen molar-refractivity contribution in [2.75, 3.05) is 0 Å². The van der Waals surface area contributed by atoms with Crippen LogP contribution >= 0.6 is 0 Å². The predicted molar refractivity (Wildman–Crippen MR) is 79.6 cm³/mol. The van der Waals surface area contributed by atoms with Crippen LogP contribution < -0.4 is 0 Å². The third kappa shape index (κ3) is 3.84. The lowest BCUT2D eigenvalue weighted by atomic mass is 9.63. The average Bonchev–Trinajstić information content (AvgIpc) is 2.31. The molecule has 0 spiro atoms. The number of hydrogen-bond donors (Lipinski definition) is 2. The van der Waals surface area contributed by atoms with E-state index >= 15 is 0 Å². The molecule has 0 bridgehead atoms. The lowest BCUT2D eigenvalue weighted by Gasteiger charge is -2.41. The van der Waals surface area contributed by atoms with E-state index in [2.05, 4.69) is 13.8 Å². The van der Waals surface area contributed by atoms with Gasteiger partial charge >= 0.3 is 11.9 Å². The summed E-state index contributed by atoms with van der Waals surface area (Å²) >= 11 is 0. The number of aliphatic carboxylic acids is 2. The van der Waals surface area contributed by atoms with E-state index in [1.807, 2.05) is 27.7 Å². The first-order valence-corrected chi connectivity index (χ1v) is 7.34. The summed E-state index contributed by atoms with van der Waals surface area (Å²) in [5.74, 6) is -2.10. The molecule has 0 aromatic rings. The number of rotatable bonds is 8. The second kappa shape index (κ2) is 7.46. The molecule has 1 atom stereocenters. The van der Waals surface area contributed by atoms with Gasteiger partial charge in [0.05, 0.1) is 0 Å². The number of allylic oxidation sites excluding steroid dienone is 1. The fourth-order valence-electron chi connectivity index (χ4n) is 3.33. The number of hydrogen-bond acceptors (Lipinski definition) is 2. The molecule has 2 N–H and O–H groups in total.